The van der Waals surface area contributed by atoms with E-state index in [1.54, 1.807) is 6.92 Å². The van der Waals surface area contributed by atoms with E-state index in [1.165, 1.54) is 5.01 Å². The van der Waals surface area contributed by atoms with E-state index in [4.69, 9.17) is 39.5 Å². The molecule has 0 radical (unpaired) electrons. The number of carbonyl (C=O) groups is 3. The Kier molecular flexibility index (Phi) is 13.5. The van der Waals surface area contributed by atoms with E-state index in [0.29, 0.717) is 25.8 Å². The highest BCUT2D eigenvalue weighted by Crippen LogP contribution is 2.28. The number of aliphatic hydroxyl groups excluding tert-OH is 1. The van der Waals surface area contributed by atoms with Crippen molar-refractivity contribution >= 4 is 52.6 Å². The Balaban J connectivity index is 2.67. The van der Waals surface area contributed by atoms with Crippen molar-refractivity contribution in [1.82, 2.24) is 21.1 Å². The van der Waals surface area contributed by atoms with Gasteiger partial charge in [0.05, 0.1) is 6.04 Å². The molecule has 0 aromatic rings. The molecule has 0 saturated carbocycles. The van der Waals surface area contributed by atoms with Crippen LogP contribution in [0.1, 0.15) is 66.7 Å². The SMILES string of the molecule is C=CCC(C)(C)CCC(O)N[C@H](C(=O)N[C@@H](C)C(=O)N1CCC[C@@H](C(=O)OCC(Cl)(Cl)Cl)N1)C(C)C. The third kappa shape index (κ3) is 12.0. The largest absolute Gasteiger partial charge is 0.460 e. The number of halogens is 3. The highest BCUT2D eigenvalue weighted by molar-refractivity contribution is 6.67. The molecule has 1 aliphatic rings. The van der Waals surface area contributed by atoms with Crippen LogP contribution in [-0.2, 0) is 19.1 Å². The zero-order valence-electron chi connectivity index (χ0n) is 21.8. The van der Waals surface area contributed by atoms with Crippen molar-refractivity contribution in [3.63, 3.8) is 0 Å². The van der Waals surface area contributed by atoms with E-state index < -0.39 is 52.5 Å². The number of hydrazine groups is 1. The van der Waals surface area contributed by atoms with Crippen LogP contribution in [-0.4, -0.2) is 69.2 Å². The first-order valence-electron chi connectivity index (χ1n) is 12.2. The number of hydrogen-bond acceptors (Lipinski definition) is 7. The molecule has 1 fully saturated rings. The predicted molar refractivity (Wildman–Crippen MR) is 142 cm³/mol. The van der Waals surface area contributed by atoms with Gasteiger partial charge in [-0.05, 0) is 50.4 Å². The molecule has 208 valence electrons. The molecule has 0 aliphatic carbocycles. The van der Waals surface area contributed by atoms with Gasteiger partial charge in [-0.2, -0.15) is 0 Å². The summed E-state index contributed by atoms with van der Waals surface area (Å²) in [7, 11) is 0. The molecule has 0 aromatic heterocycles. The summed E-state index contributed by atoms with van der Waals surface area (Å²) >= 11 is 16.9. The summed E-state index contributed by atoms with van der Waals surface area (Å²) in [5, 5.41) is 17.5. The Bertz CT molecular complexity index is 761. The fourth-order valence-corrected chi connectivity index (χ4v) is 4.01. The first-order valence-corrected chi connectivity index (χ1v) is 13.4. The number of aliphatic hydroxyl groups is 1. The summed E-state index contributed by atoms with van der Waals surface area (Å²) in [5.74, 6) is -1.57. The zero-order valence-corrected chi connectivity index (χ0v) is 24.1. The first kappa shape index (κ1) is 32.9. The van der Waals surface area contributed by atoms with Gasteiger partial charge in [0.15, 0.2) is 0 Å². The van der Waals surface area contributed by atoms with Crippen molar-refractivity contribution in [3.05, 3.63) is 12.7 Å². The van der Waals surface area contributed by atoms with E-state index in [-0.39, 0.29) is 11.3 Å². The Morgan fingerprint density at radius 3 is 2.44 bits per heavy atom. The molecule has 1 rings (SSSR count). The number of allylic oxidation sites excluding steroid dienone is 1. The van der Waals surface area contributed by atoms with Gasteiger partial charge in [-0.1, -0.05) is 68.6 Å². The van der Waals surface area contributed by atoms with E-state index in [1.807, 2.05) is 19.9 Å². The van der Waals surface area contributed by atoms with Gasteiger partial charge in [-0.3, -0.25) is 24.7 Å². The van der Waals surface area contributed by atoms with Crippen molar-refractivity contribution in [2.45, 2.75) is 94.9 Å². The van der Waals surface area contributed by atoms with Gasteiger partial charge >= 0.3 is 5.97 Å². The molecule has 4 N–H and O–H groups in total. The van der Waals surface area contributed by atoms with Crippen molar-refractivity contribution in [2.75, 3.05) is 13.2 Å². The molecule has 0 spiro atoms. The van der Waals surface area contributed by atoms with Crippen LogP contribution >= 0.6 is 34.8 Å². The molecule has 2 amide bonds. The fraction of sp³-hybridized carbons (Fsp3) is 0.792. The summed E-state index contributed by atoms with van der Waals surface area (Å²) in [6.07, 6.45) is 4.03. The van der Waals surface area contributed by atoms with Gasteiger partial charge < -0.3 is 15.2 Å². The summed E-state index contributed by atoms with van der Waals surface area (Å²) in [6.45, 7) is 13.2. The highest BCUT2D eigenvalue weighted by atomic mass is 35.6. The summed E-state index contributed by atoms with van der Waals surface area (Å²) < 4.78 is 3.28. The van der Waals surface area contributed by atoms with E-state index in [2.05, 4.69) is 36.5 Å². The molecule has 0 aromatic carbocycles. The molecule has 12 heteroatoms. The molecule has 4 atom stereocenters. The van der Waals surface area contributed by atoms with Crippen LogP contribution in [0.4, 0.5) is 0 Å². The summed E-state index contributed by atoms with van der Waals surface area (Å²) in [5.41, 5.74) is 2.83. The summed E-state index contributed by atoms with van der Waals surface area (Å²) in [4.78, 5) is 38.2. The lowest BCUT2D eigenvalue weighted by Crippen LogP contribution is -2.61. The van der Waals surface area contributed by atoms with E-state index in [9.17, 15) is 19.5 Å². The molecule has 1 unspecified atom stereocenters. The average molecular weight is 572 g/mol. The molecule has 0 bridgehead atoms. The second-order valence-electron chi connectivity index (χ2n) is 10.4. The number of carbonyl (C=O) groups excluding carboxylic acids is 3. The minimum Gasteiger partial charge on any atom is -0.460 e. The molecular formula is C24H41Cl3N4O5. The topological polar surface area (TPSA) is 120 Å². The molecule has 9 nitrogen and oxygen atoms in total. The number of hydrogen-bond donors (Lipinski definition) is 4. The van der Waals surface area contributed by atoms with Crippen LogP contribution in [0.3, 0.4) is 0 Å². The lowest BCUT2D eigenvalue weighted by molar-refractivity contribution is -0.153. The van der Waals surface area contributed by atoms with Crippen molar-refractivity contribution < 1.29 is 24.2 Å². The Morgan fingerprint density at radius 1 is 1.25 bits per heavy atom. The Hall–Kier alpha value is -1.10. The minimum absolute atomic E-state index is 0.00625. The number of nitrogens with one attached hydrogen (secondary N) is 3. The predicted octanol–water partition coefficient (Wildman–Crippen LogP) is 3.22. The number of ether oxygens (including phenoxy) is 1. The van der Waals surface area contributed by atoms with Gasteiger partial charge in [-0.15, -0.1) is 6.58 Å². The Morgan fingerprint density at radius 2 is 1.89 bits per heavy atom. The van der Waals surface area contributed by atoms with Gasteiger partial charge in [-0.25, -0.2) is 5.43 Å². The number of amides is 2. The van der Waals surface area contributed by atoms with Crippen molar-refractivity contribution in [2.24, 2.45) is 11.3 Å². The van der Waals surface area contributed by atoms with Gasteiger partial charge in [0.2, 0.25) is 9.70 Å². The number of alkyl halides is 3. The molecule has 1 saturated heterocycles. The number of nitrogens with zero attached hydrogens (tertiary/aromatic N) is 1. The van der Waals surface area contributed by atoms with E-state index in [0.717, 1.165) is 12.8 Å². The monoisotopic (exact) mass is 570 g/mol. The van der Waals surface area contributed by atoms with Crippen LogP contribution in [0.2, 0.25) is 0 Å². The maximum atomic E-state index is 13.0. The number of rotatable bonds is 13. The van der Waals surface area contributed by atoms with Crippen LogP contribution in [0.5, 0.6) is 0 Å². The molecule has 1 heterocycles. The van der Waals surface area contributed by atoms with Crippen LogP contribution < -0.4 is 16.1 Å². The third-order valence-corrected chi connectivity index (χ3v) is 6.28. The molecule has 36 heavy (non-hydrogen) atoms. The minimum atomic E-state index is -1.73. The molecule has 1 aliphatic heterocycles. The quantitative estimate of drug-likeness (QED) is 0.116. The van der Waals surface area contributed by atoms with Crippen molar-refractivity contribution in [3.8, 4) is 0 Å². The van der Waals surface area contributed by atoms with Crippen LogP contribution in [0, 0.1) is 11.3 Å². The average Bonchev–Trinajstić information content (AvgIpc) is 2.78. The number of esters is 1. The standard InChI is InChI=1S/C24H41Cl3N4O5/c1-7-11-23(5,6)12-10-18(32)29-19(15(2)3)20(33)28-16(4)21(34)31-13-8-9-17(30-31)22(35)36-14-24(25,26)27/h7,15-19,29-30,32H,1,8-14H2,2-6H3,(H,28,33)/t16-,17-,18?,19-/m0/s1. The van der Waals surface area contributed by atoms with Crippen molar-refractivity contribution in [1.29, 1.82) is 0 Å². The fourth-order valence-electron chi connectivity index (χ4n) is 3.85. The molecular weight excluding hydrogens is 531 g/mol. The highest BCUT2D eigenvalue weighted by Gasteiger charge is 2.34. The lowest BCUT2D eigenvalue weighted by atomic mass is 9.84. The second-order valence-corrected chi connectivity index (χ2v) is 12.9. The van der Waals surface area contributed by atoms with Gasteiger partial charge in [0, 0.05) is 6.54 Å². The maximum Gasteiger partial charge on any atom is 0.325 e. The second kappa shape index (κ2) is 14.7. The van der Waals surface area contributed by atoms with Crippen LogP contribution in [0.15, 0.2) is 12.7 Å². The van der Waals surface area contributed by atoms with Gasteiger partial charge in [0.25, 0.3) is 5.91 Å². The Labute approximate surface area is 229 Å². The smallest absolute Gasteiger partial charge is 0.325 e. The summed E-state index contributed by atoms with van der Waals surface area (Å²) in [6, 6.07) is -2.34. The first-order chi connectivity index (χ1) is 16.6. The van der Waals surface area contributed by atoms with E-state index >= 15 is 0 Å². The third-order valence-electron chi connectivity index (χ3n) is 5.96. The van der Waals surface area contributed by atoms with Gasteiger partial charge in [0.1, 0.15) is 24.9 Å². The maximum absolute atomic E-state index is 13.0. The normalized spacial score (nSPS) is 19.4. The lowest BCUT2D eigenvalue weighted by Gasteiger charge is -2.35. The van der Waals surface area contributed by atoms with Crippen LogP contribution in [0.25, 0.3) is 0 Å². The zero-order chi connectivity index (χ0) is 27.7.